The summed E-state index contributed by atoms with van der Waals surface area (Å²) in [6.07, 6.45) is 3.08. The lowest BCUT2D eigenvalue weighted by Gasteiger charge is -2.25. The zero-order chi connectivity index (χ0) is 13.9. The van der Waals surface area contributed by atoms with Crippen LogP contribution in [-0.4, -0.2) is 31.6 Å². The summed E-state index contributed by atoms with van der Waals surface area (Å²) >= 11 is 6.37. The molecule has 0 bridgehead atoms. The van der Waals surface area contributed by atoms with E-state index in [0.29, 0.717) is 19.0 Å². The number of hydrogen-bond donors (Lipinski definition) is 2. The summed E-state index contributed by atoms with van der Waals surface area (Å²) in [5.74, 6) is 0.132. The molecule has 1 aliphatic heterocycles. The van der Waals surface area contributed by atoms with Gasteiger partial charge in [0, 0.05) is 54.9 Å². The summed E-state index contributed by atoms with van der Waals surface area (Å²) in [5, 5.41) is 7.24. The first-order valence-electron chi connectivity index (χ1n) is 7.26. The van der Waals surface area contributed by atoms with E-state index in [-0.39, 0.29) is 5.91 Å². The van der Waals surface area contributed by atoms with E-state index in [9.17, 15) is 4.79 Å². The predicted octanol–water partition coefficient (Wildman–Crippen LogP) is 1.92. The van der Waals surface area contributed by atoms with Crippen molar-refractivity contribution in [2.24, 2.45) is 0 Å². The molecule has 5 heteroatoms. The number of hydrogen-bond acceptors (Lipinski definition) is 3. The van der Waals surface area contributed by atoms with Gasteiger partial charge in [0.2, 0.25) is 5.91 Å². The summed E-state index contributed by atoms with van der Waals surface area (Å²) in [7, 11) is 0. The first-order chi connectivity index (χ1) is 9.74. The van der Waals surface area contributed by atoms with Crippen molar-refractivity contribution >= 4 is 23.2 Å². The zero-order valence-electron chi connectivity index (χ0n) is 11.5. The van der Waals surface area contributed by atoms with Crippen LogP contribution in [0.3, 0.4) is 0 Å². The summed E-state index contributed by atoms with van der Waals surface area (Å²) in [4.78, 5) is 13.7. The smallest absolute Gasteiger partial charge is 0.221 e. The normalized spacial score (nSPS) is 19.6. The SMILES string of the molecule is O=C1CCN(c2cccc(Cl)c2CNC2CC2)CCN1. The third-order valence-electron chi connectivity index (χ3n) is 3.89. The van der Waals surface area contributed by atoms with Crippen molar-refractivity contribution in [3.63, 3.8) is 0 Å². The van der Waals surface area contributed by atoms with Crippen molar-refractivity contribution in [3.8, 4) is 0 Å². The fourth-order valence-corrected chi connectivity index (χ4v) is 2.80. The van der Waals surface area contributed by atoms with Crippen molar-refractivity contribution in [2.45, 2.75) is 31.8 Å². The number of carbonyl (C=O) groups is 1. The molecule has 0 unspecified atom stereocenters. The van der Waals surface area contributed by atoms with Crippen LogP contribution < -0.4 is 15.5 Å². The van der Waals surface area contributed by atoms with E-state index < -0.39 is 0 Å². The number of anilines is 1. The number of amides is 1. The minimum Gasteiger partial charge on any atom is -0.369 e. The molecule has 2 aliphatic rings. The minimum atomic E-state index is 0.132. The van der Waals surface area contributed by atoms with E-state index >= 15 is 0 Å². The van der Waals surface area contributed by atoms with Gasteiger partial charge in [0.15, 0.2) is 0 Å². The molecule has 108 valence electrons. The Morgan fingerprint density at radius 3 is 3.00 bits per heavy atom. The summed E-state index contributed by atoms with van der Waals surface area (Å²) < 4.78 is 0. The maximum absolute atomic E-state index is 11.5. The van der Waals surface area contributed by atoms with E-state index in [2.05, 4.69) is 21.6 Å². The number of halogens is 1. The number of carbonyl (C=O) groups excluding carboxylic acids is 1. The molecule has 2 fully saturated rings. The van der Waals surface area contributed by atoms with Crippen LogP contribution in [0.1, 0.15) is 24.8 Å². The average molecular weight is 294 g/mol. The molecule has 0 radical (unpaired) electrons. The molecule has 1 amide bonds. The Morgan fingerprint density at radius 1 is 1.35 bits per heavy atom. The minimum absolute atomic E-state index is 0.132. The second-order valence-electron chi connectivity index (χ2n) is 5.48. The van der Waals surface area contributed by atoms with Crippen LogP contribution in [-0.2, 0) is 11.3 Å². The van der Waals surface area contributed by atoms with Crippen LogP contribution in [0.2, 0.25) is 5.02 Å². The number of nitrogens with one attached hydrogen (secondary N) is 2. The highest BCUT2D eigenvalue weighted by Gasteiger charge is 2.22. The van der Waals surface area contributed by atoms with Crippen LogP contribution >= 0.6 is 11.6 Å². The predicted molar refractivity (Wildman–Crippen MR) is 81.2 cm³/mol. The molecule has 0 atom stereocenters. The molecule has 2 N–H and O–H groups in total. The number of benzene rings is 1. The van der Waals surface area contributed by atoms with E-state index in [0.717, 1.165) is 35.9 Å². The first-order valence-corrected chi connectivity index (χ1v) is 7.64. The Morgan fingerprint density at radius 2 is 2.20 bits per heavy atom. The summed E-state index contributed by atoms with van der Waals surface area (Å²) in [5.41, 5.74) is 2.30. The van der Waals surface area contributed by atoms with Crippen molar-refractivity contribution < 1.29 is 4.79 Å². The monoisotopic (exact) mass is 293 g/mol. The average Bonchev–Trinajstić information content (AvgIpc) is 3.25. The number of nitrogens with zero attached hydrogens (tertiary/aromatic N) is 1. The molecular weight excluding hydrogens is 274 g/mol. The van der Waals surface area contributed by atoms with Gasteiger partial charge in [0.1, 0.15) is 0 Å². The van der Waals surface area contributed by atoms with E-state index in [1.807, 2.05) is 12.1 Å². The van der Waals surface area contributed by atoms with Crippen molar-refractivity contribution in [2.75, 3.05) is 24.5 Å². The lowest BCUT2D eigenvalue weighted by atomic mass is 10.1. The Labute approximate surface area is 124 Å². The topological polar surface area (TPSA) is 44.4 Å². The highest BCUT2D eigenvalue weighted by molar-refractivity contribution is 6.31. The van der Waals surface area contributed by atoms with Gasteiger partial charge < -0.3 is 15.5 Å². The van der Waals surface area contributed by atoms with Gasteiger partial charge >= 0.3 is 0 Å². The molecule has 0 spiro atoms. The molecule has 1 aliphatic carbocycles. The Balaban J connectivity index is 1.79. The molecule has 1 saturated heterocycles. The number of rotatable bonds is 4. The van der Waals surface area contributed by atoms with E-state index in [1.165, 1.54) is 12.8 Å². The van der Waals surface area contributed by atoms with Crippen LogP contribution in [0.4, 0.5) is 5.69 Å². The largest absolute Gasteiger partial charge is 0.369 e. The van der Waals surface area contributed by atoms with Crippen LogP contribution in [0, 0.1) is 0 Å². The molecule has 4 nitrogen and oxygen atoms in total. The van der Waals surface area contributed by atoms with Gasteiger partial charge in [-0.15, -0.1) is 0 Å². The lowest BCUT2D eigenvalue weighted by molar-refractivity contribution is -0.120. The second-order valence-corrected chi connectivity index (χ2v) is 5.89. The Kier molecular flexibility index (Phi) is 4.13. The van der Waals surface area contributed by atoms with Gasteiger partial charge in [-0.1, -0.05) is 17.7 Å². The maximum Gasteiger partial charge on any atom is 0.221 e. The van der Waals surface area contributed by atoms with Crippen LogP contribution in [0.5, 0.6) is 0 Å². The highest BCUT2D eigenvalue weighted by Crippen LogP contribution is 2.29. The molecule has 1 aromatic carbocycles. The third-order valence-corrected chi connectivity index (χ3v) is 4.25. The van der Waals surface area contributed by atoms with Crippen LogP contribution in [0.15, 0.2) is 18.2 Å². The van der Waals surface area contributed by atoms with Gasteiger partial charge in [-0.05, 0) is 25.0 Å². The van der Waals surface area contributed by atoms with Crippen LogP contribution in [0.25, 0.3) is 0 Å². The lowest BCUT2D eigenvalue weighted by Crippen LogP contribution is -2.30. The molecule has 20 heavy (non-hydrogen) atoms. The van der Waals surface area contributed by atoms with E-state index in [4.69, 9.17) is 11.6 Å². The van der Waals surface area contributed by atoms with Gasteiger partial charge in [-0.3, -0.25) is 4.79 Å². The van der Waals surface area contributed by atoms with E-state index in [1.54, 1.807) is 0 Å². The van der Waals surface area contributed by atoms with Gasteiger partial charge in [-0.25, -0.2) is 0 Å². The van der Waals surface area contributed by atoms with Gasteiger partial charge in [0.05, 0.1) is 0 Å². The van der Waals surface area contributed by atoms with Gasteiger partial charge in [-0.2, -0.15) is 0 Å². The molecule has 3 rings (SSSR count). The fourth-order valence-electron chi connectivity index (χ4n) is 2.56. The second kappa shape index (κ2) is 6.02. The summed E-state index contributed by atoms with van der Waals surface area (Å²) in [6.45, 7) is 3.09. The summed E-state index contributed by atoms with van der Waals surface area (Å²) in [6, 6.07) is 6.69. The highest BCUT2D eigenvalue weighted by atomic mass is 35.5. The molecule has 1 aromatic rings. The molecule has 1 heterocycles. The standard InChI is InChI=1S/C15H20ClN3O/c16-13-2-1-3-14(12(13)10-18-11-4-5-11)19-8-6-15(20)17-7-9-19/h1-3,11,18H,4-10H2,(H,17,20). The zero-order valence-corrected chi connectivity index (χ0v) is 12.2. The first kappa shape index (κ1) is 13.7. The third kappa shape index (κ3) is 3.25. The molecular formula is C15H20ClN3O. The Bertz CT molecular complexity index is 502. The fraction of sp³-hybridized carbons (Fsp3) is 0.533. The Hall–Kier alpha value is -1.26. The van der Waals surface area contributed by atoms with Gasteiger partial charge in [0.25, 0.3) is 0 Å². The molecule has 1 saturated carbocycles. The molecule has 0 aromatic heterocycles. The van der Waals surface area contributed by atoms with Crippen molar-refractivity contribution in [1.82, 2.24) is 10.6 Å². The van der Waals surface area contributed by atoms with Crippen molar-refractivity contribution in [3.05, 3.63) is 28.8 Å². The maximum atomic E-state index is 11.5. The quantitative estimate of drug-likeness (QED) is 0.891. The van der Waals surface area contributed by atoms with Crippen molar-refractivity contribution in [1.29, 1.82) is 0 Å².